The Bertz CT molecular complexity index is 615. The smallest absolute Gasteiger partial charge is 0.344 e. The first-order valence-corrected chi connectivity index (χ1v) is 8.24. The molecule has 0 spiro atoms. The second kappa shape index (κ2) is 6.43. The summed E-state index contributed by atoms with van der Waals surface area (Å²) in [5.41, 5.74) is -0.587. The van der Waals surface area contributed by atoms with Gasteiger partial charge in [0.25, 0.3) is 0 Å². The molecule has 2 saturated heterocycles. The summed E-state index contributed by atoms with van der Waals surface area (Å²) in [6.45, 7) is 5.98. The Hall–Kier alpha value is -2.08. The van der Waals surface area contributed by atoms with Gasteiger partial charge < -0.3 is 19.1 Å². The summed E-state index contributed by atoms with van der Waals surface area (Å²) in [6, 6.07) is 9.15. The van der Waals surface area contributed by atoms with Gasteiger partial charge in [0.1, 0.15) is 17.6 Å². The third-order valence-corrected chi connectivity index (χ3v) is 4.64. The summed E-state index contributed by atoms with van der Waals surface area (Å²) in [6.07, 6.45) is 0.293. The number of rotatable bonds is 5. The first kappa shape index (κ1) is 16.8. The zero-order valence-corrected chi connectivity index (χ0v) is 14.2. The lowest BCUT2D eigenvalue weighted by Crippen LogP contribution is -2.73. The normalized spacial score (nSPS) is 26.1. The van der Waals surface area contributed by atoms with Crippen LogP contribution < -0.4 is 4.74 Å². The number of benzene rings is 1. The van der Waals surface area contributed by atoms with Crippen LogP contribution >= 0.6 is 0 Å². The summed E-state index contributed by atoms with van der Waals surface area (Å²) in [7, 11) is 0. The molecule has 1 amide bonds. The number of ether oxygens (including phenoxy) is 3. The van der Waals surface area contributed by atoms with Crippen molar-refractivity contribution in [3.8, 4) is 5.75 Å². The Morgan fingerprint density at radius 2 is 2.08 bits per heavy atom. The predicted octanol–water partition coefficient (Wildman–Crippen LogP) is 1.98. The lowest BCUT2D eigenvalue weighted by atomic mass is 9.78. The number of hydrogen-bond donors (Lipinski definition) is 0. The molecule has 2 aliphatic rings. The van der Waals surface area contributed by atoms with E-state index in [4.69, 9.17) is 14.2 Å². The van der Waals surface area contributed by atoms with Crippen LogP contribution in [0.3, 0.4) is 0 Å². The molecule has 3 atom stereocenters. The van der Waals surface area contributed by atoms with E-state index in [0.29, 0.717) is 12.4 Å². The van der Waals surface area contributed by atoms with Crippen LogP contribution in [0.2, 0.25) is 0 Å². The van der Waals surface area contributed by atoms with Crippen molar-refractivity contribution in [1.29, 1.82) is 0 Å². The van der Waals surface area contributed by atoms with E-state index in [1.807, 2.05) is 32.0 Å². The van der Waals surface area contributed by atoms with Crippen LogP contribution in [0.15, 0.2) is 30.3 Å². The van der Waals surface area contributed by atoms with Gasteiger partial charge in [-0.2, -0.15) is 0 Å². The lowest BCUT2D eigenvalue weighted by Gasteiger charge is -2.58. The molecule has 6 heteroatoms. The third-order valence-electron chi connectivity index (χ3n) is 4.64. The van der Waals surface area contributed by atoms with Gasteiger partial charge >= 0.3 is 5.97 Å². The van der Waals surface area contributed by atoms with Gasteiger partial charge in [0.05, 0.1) is 18.6 Å². The SMILES string of the molecule is CC(OC(=O)COc1ccccc1)[C@@H]1C(=O)N2C1CCOC2(C)C. The fourth-order valence-electron chi connectivity index (χ4n) is 3.53. The maximum atomic E-state index is 12.4. The second-order valence-electron chi connectivity index (χ2n) is 6.68. The van der Waals surface area contributed by atoms with E-state index in [0.717, 1.165) is 6.42 Å². The Kier molecular flexibility index (Phi) is 4.49. The molecule has 2 fully saturated rings. The van der Waals surface area contributed by atoms with Crippen LogP contribution in [-0.4, -0.2) is 47.9 Å². The van der Waals surface area contributed by atoms with Crippen molar-refractivity contribution in [2.75, 3.05) is 13.2 Å². The van der Waals surface area contributed by atoms with Crippen LogP contribution in [0.5, 0.6) is 5.75 Å². The van der Waals surface area contributed by atoms with E-state index >= 15 is 0 Å². The van der Waals surface area contributed by atoms with Crippen LogP contribution in [0.4, 0.5) is 0 Å². The van der Waals surface area contributed by atoms with E-state index in [2.05, 4.69) is 0 Å². The molecular formula is C18H23NO5. The minimum absolute atomic E-state index is 0.0195. The van der Waals surface area contributed by atoms with Crippen LogP contribution in [-0.2, 0) is 19.1 Å². The van der Waals surface area contributed by atoms with Crippen molar-refractivity contribution < 1.29 is 23.8 Å². The molecule has 24 heavy (non-hydrogen) atoms. The molecule has 0 aliphatic carbocycles. The van der Waals surface area contributed by atoms with Crippen molar-refractivity contribution in [3.63, 3.8) is 0 Å². The highest BCUT2D eigenvalue weighted by atomic mass is 16.6. The van der Waals surface area contributed by atoms with Crippen molar-refractivity contribution in [2.45, 2.75) is 45.1 Å². The molecule has 2 aliphatic heterocycles. The van der Waals surface area contributed by atoms with E-state index in [1.165, 1.54) is 0 Å². The molecule has 0 radical (unpaired) electrons. The largest absolute Gasteiger partial charge is 0.482 e. The fourth-order valence-corrected chi connectivity index (χ4v) is 3.53. The maximum Gasteiger partial charge on any atom is 0.344 e. The number of hydrogen-bond acceptors (Lipinski definition) is 5. The van der Waals surface area contributed by atoms with Crippen molar-refractivity contribution in [2.24, 2.45) is 5.92 Å². The second-order valence-corrected chi connectivity index (χ2v) is 6.68. The maximum absolute atomic E-state index is 12.4. The number of carbonyl (C=O) groups is 2. The average Bonchev–Trinajstić information content (AvgIpc) is 2.52. The molecule has 1 aromatic carbocycles. The standard InChI is InChI=1S/C18H23NO5/c1-12(24-15(20)11-22-13-7-5-4-6-8-13)16-14-9-10-23-18(2,3)19(14)17(16)21/h4-8,12,14,16H,9-11H2,1-3H3/t12?,14?,16-/m0/s1. The highest BCUT2D eigenvalue weighted by Gasteiger charge is 2.58. The van der Waals surface area contributed by atoms with Gasteiger partial charge in [-0.05, 0) is 39.3 Å². The molecule has 0 bridgehead atoms. The van der Waals surface area contributed by atoms with Gasteiger partial charge in [0.15, 0.2) is 6.61 Å². The molecule has 2 unspecified atom stereocenters. The highest BCUT2D eigenvalue weighted by molar-refractivity contribution is 5.87. The van der Waals surface area contributed by atoms with Crippen LogP contribution in [0, 0.1) is 5.92 Å². The highest BCUT2D eigenvalue weighted by Crippen LogP contribution is 2.42. The van der Waals surface area contributed by atoms with Gasteiger partial charge in [-0.1, -0.05) is 18.2 Å². The van der Waals surface area contributed by atoms with Crippen LogP contribution in [0.25, 0.3) is 0 Å². The summed E-state index contributed by atoms with van der Waals surface area (Å²) in [5.74, 6) is -0.175. The molecule has 6 nitrogen and oxygen atoms in total. The number of amides is 1. The first-order valence-electron chi connectivity index (χ1n) is 8.24. The predicted molar refractivity (Wildman–Crippen MR) is 86.3 cm³/mol. The molecule has 3 rings (SSSR count). The Labute approximate surface area is 141 Å². The van der Waals surface area contributed by atoms with Gasteiger partial charge in [-0.3, -0.25) is 4.79 Å². The molecule has 0 aromatic heterocycles. The van der Waals surface area contributed by atoms with Crippen LogP contribution in [0.1, 0.15) is 27.2 Å². The molecule has 130 valence electrons. The van der Waals surface area contributed by atoms with Crippen molar-refractivity contribution >= 4 is 11.9 Å². The molecule has 1 aromatic rings. The number of nitrogens with zero attached hydrogens (tertiary/aromatic N) is 1. The summed E-state index contributed by atoms with van der Waals surface area (Å²) in [5, 5.41) is 0. The Morgan fingerprint density at radius 3 is 2.79 bits per heavy atom. The molecule has 0 N–H and O–H groups in total. The Morgan fingerprint density at radius 1 is 1.38 bits per heavy atom. The number of esters is 1. The van der Waals surface area contributed by atoms with Crippen molar-refractivity contribution in [3.05, 3.63) is 30.3 Å². The zero-order chi connectivity index (χ0) is 17.3. The van der Waals surface area contributed by atoms with Crippen molar-refractivity contribution in [1.82, 2.24) is 4.90 Å². The monoisotopic (exact) mass is 333 g/mol. The Balaban J connectivity index is 1.53. The fraction of sp³-hybridized carbons (Fsp3) is 0.556. The number of carbonyl (C=O) groups excluding carboxylic acids is 2. The van der Waals surface area contributed by atoms with E-state index in [-0.39, 0.29) is 24.5 Å². The van der Waals surface area contributed by atoms with Gasteiger partial charge in [-0.25, -0.2) is 4.79 Å². The van der Waals surface area contributed by atoms with Gasteiger partial charge in [-0.15, -0.1) is 0 Å². The number of β-lactam (4-membered cyclic amide) rings is 1. The van der Waals surface area contributed by atoms with E-state index in [9.17, 15) is 9.59 Å². The van der Waals surface area contributed by atoms with Gasteiger partial charge in [0.2, 0.25) is 5.91 Å². The lowest BCUT2D eigenvalue weighted by molar-refractivity contribution is -0.241. The quantitative estimate of drug-likeness (QED) is 0.609. The summed E-state index contributed by atoms with van der Waals surface area (Å²) in [4.78, 5) is 26.2. The third kappa shape index (κ3) is 3.11. The first-order chi connectivity index (χ1) is 11.4. The number of fused-ring (bicyclic) bond motifs is 1. The molecular weight excluding hydrogens is 310 g/mol. The molecule has 0 saturated carbocycles. The topological polar surface area (TPSA) is 65.1 Å². The number of para-hydroxylation sites is 1. The van der Waals surface area contributed by atoms with E-state index < -0.39 is 17.8 Å². The summed E-state index contributed by atoms with van der Waals surface area (Å²) < 4.78 is 16.4. The zero-order valence-electron chi connectivity index (χ0n) is 14.2. The summed E-state index contributed by atoms with van der Waals surface area (Å²) >= 11 is 0. The average molecular weight is 333 g/mol. The van der Waals surface area contributed by atoms with E-state index in [1.54, 1.807) is 24.0 Å². The minimum atomic E-state index is -0.587. The molecule has 2 heterocycles. The minimum Gasteiger partial charge on any atom is -0.482 e. The van der Waals surface area contributed by atoms with Gasteiger partial charge in [0, 0.05) is 0 Å².